The van der Waals surface area contributed by atoms with Crippen LogP contribution in [0.2, 0.25) is 0 Å². The first kappa shape index (κ1) is 17.9. The molecule has 1 fully saturated rings. The Morgan fingerprint density at radius 2 is 1.75 bits per heavy atom. The fourth-order valence-electron chi connectivity index (χ4n) is 3.64. The first-order chi connectivity index (χ1) is 13.5. The van der Waals surface area contributed by atoms with Gasteiger partial charge in [0.15, 0.2) is 5.82 Å². The molecule has 0 atom stereocenters. The summed E-state index contributed by atoms with van der Waals surface area (Å²) in [6.45, 7) is 6.45. The van der Waals surface area contributed by atoms with Crippen LogP contribution >= 0.6 is 0 Å². The Hall–Kier alpha value is -3.47. The number of amides is 1. The smallest absolute Gasteiger partial charge is 0.253 e. The summed E-state index contributed by atoms with van der Waals surface area (Å²) < 4.78 is 1.83. The van der Waals surface area contributed by atoms with Gasteiger partial charge < -0.3 is 9.80 Å². The SMILES string of the molecule is Cc1nc(N2CCN(C(=O)c3ccc(C#N)cc3)CC2)c2c(n1)c(C)nn2C. The molecule has 0 bridgehead atoms. The highest BCUT2D eigenvalue weighted by molar-refractivity contribution is 5.94. The minimum Gasteiger partial charge on any atom is -0.351 e. The van der Waals surface area contributed by atoms with Crippen molar-refractivity contribution in [1.82, 2.24) is 24.6 Å². The van der Waals surface area contributed by atoms with E-state index in [2.05, 4.69) is 26.0 Å². The molecule has 1 amide bonds. The molecule has 0 unspecified atom stereocenters. The van der Waals surface area contributed by atoms with Crippen molar-refractivity contribution >= 4 is 22.8 Å². The predicted molar refractivity (Wildman–Crippen MR) is 105 cm³/mol. The van der Waals surface area contributed by atoms with Crippen molar-refractivity contribution in [3.8, 4) is 6.07 Å². The lowest BCUT2D eigenvalue weighted by Gasteiger charge is -2.35. The molecule has 0 spiro atoms. The van der Waals surface area contributed by atoms with Gasteiger partial charge in [-0.1, -0.05) is 0 Å². The fraction of sp³-hybridized carbons (Fsp3) is 0.350. The highest BCUT2D eigenvalue weighted by atomic mass is 16.2. The number of benzene rings is 1. The number of fused-ring (bicyclic) bond motifs is 1. The van der Waals surface area contributed by atoms with Crippen molar-refractivity contribution in [2.45, 2.75) is 13.8 Å². The van der Waals surface area contributed by atoms with Crippen LogP contribution in [0.1, 0.15) is 27.4 Å². The second-order valence-electron chi connectivity index (χ2n) is 6.97. The van der Waals surface area contributed by atoms with Gasteiger partial charge in [0.1, 0.15) is 16.9 Å². The zero-order chi connectivity index (χ0) is 19.8. The van der Waals surface area contributed by atoms with Crippen LogP contribution in [0.5, 0.6) is 0 Å². The van der Waals surface area contributed by atoms with E-state index in [0.29, 0.717) is 37.3 Å². The van der Waals surface area contributed by atoms with Crippen molar-refractivity contribution < 1.29 is 4.79 Å². The number of nitriles is 1. The Bertz CT molecular complexity index is 1090. The number of carbonyl (C=O) groups excluding carboxylic acids is 1. The number of hydrogen-bond acceptors (Lipinski definition) is 6. The zero-order valence-electron chi connectivity index (χ0n) is 16.2. The molecule has 1 aliphatic heterocycles. The number of aromatic nitrogens is 4. The Morgan fingerprint density at radius 3 is 2.39 bits per heavy atom. The second-order valence-corrected chi connectivity index (χ2v) is 6.97. The van der Waals surface area contributed by atoms with Gasteiger partial charge in [0.2, 0.25) is 0 Å². The number of aryl methyl sites for hydroxylation is 3. The first-order valence-electron chi connectivity index (χ1n) is 9.20. The fourth-order valence-corrected chi connectivity index (χ4v) is 3.64. The van der Waals surface area contributed by atoms with Gasteiger partial charge in [0.05, 0.1) is 17.3 Å². The van der Waals surface area contributed by atoms with E-state index in [1.807, 2.05) is 30.5 Å². The predicted octanol–water partition coefficient (Wildman–Crippen LogP) is 1.81. The Kier molecular flexibility index (Phi) is 4.43. The van der Waals surface area contributed by atoms with Crippen molar-refractivity contribution in [3.05, 3.63) is 46.9 Å². The molecular formula is C20H21N7O. The number of rotatable bonds is 2. The van der Waals surface area contributed by atoms with Crippen molar-refractivity contribution in [1.29, 1.82) is 5.26 Å². The number of anilines is 1. The Balaban J connectivity index is 1.54. The van der Waals surface area contributed by atoms with Gasteiger partial charge in [0.25, 0.3) is 5.91 Å². The number of piperazine rings is 1. The van der Waals surface area contributed by atoms with Gasteiger partial charge in [-0.25, -0.2) is 9.97 Å². The number of carbonyl (C=O) groups is 1. The summed E-state index contributed by atoms with van der Waals surface area (Å²) in [6.07, 6.45) is 0. The van der Waals surface area contributed by atoms with Crippen molar-refractivity contribution in [3.63, 3.8) is 0 Å². The molecule has 28 heavy (non-hydrogen) atoms. The molecule has 3 aromatic rings. The largest absolute Gasteiger partial charge is 0.351 e. The second kappa shape index (κ2) is 6.93. The van der Waals surface area contributed by atoms with Crippen molar-refractivity contribution in [2.75, 3.05) is 31.1 Å². The minimum absolute atomic E-state index is 0.00969. The molecule has 1 aliphatic rings. The van der Waals surface area contributed by atoms with Gasteiger partial charge in [-0.3, -0.25) is 9.48 Å². The number of nitrogens with zero attached hydrogens (tertiary/aromatic N) is 7. The van der Waals surface area contributed by atoms with E-state index in [-0.39, 0.29) is 5.91 Å². The molecular weight excluding hydrogens is 354 g/mol. The summed E-state index contributed by atoms with van der Waals surface area (Å²) in [5, 5.41) is 13.4. The normalized spacial score (nSPS) is 14.4. The Labute approximate surface area is 163 Å². The van der Waals surface area contributed by atoms with Crippen molar-refractivity contribution in [2.24, 2.45) is 7.05 Å². The molecule has 2 aromatic heterocycles. The summed E-state index contributed by atoms with van der Waals surface area (Å²) in [7, 11) is 1.90. The minimum atomic E-state index is -0.00969. The third-order valence-electron chi connectivity index (χ3n) is 5.07. The average molecular weight is 375 g/mol. The van der Waals surface area contributed by atoms with E-state index in [0.717, 1.165) is 28.4 Å². The van der Waals surface area contributed by atoms with Crippen LogP contribution in [-0.4, -0.2) is 56.7 Å². The Morgan fingerprint density at radius 1 is 1.07 bits per heavy atom. The van der Waals surface area contributed by atoms with Crippen LogP contribution in [0.3, 0.4) is 0 Å². The number of hydrogen-bond donors (Lipinski definition) is 0. The summed E-state index contributed by atoms with van der Waals surface area (Å²) >= 11 is 0. The monoisotopic (exact) mass is 375 g/mol. The first-order valence-corrected chi connectivity index (χ1v) is 9.20. The summed E-state index contributed by atoms with van der Waals surface area (Å²) in [5.41, 5.74) is 3.85. The highest BCUT2D eigenvalue weighted by Crippen LogP contribution is 2.26. The quantitative estimate of drug-likeness (QED) is 0.678. The third-order valence-corrected chi connectivity index (χ3v) is 5.07. The van der Waals surface area contributed by atoms with Gasteiger partial charge in [-0.05, 0) is 38.1 Å². The maximum Gasteiger partial charge on any atom is 0.253 e. The van der Waals surface area contributed by atoms with Gasteiger partial charge in [-0.15, -0.1) is 0 Å². The van der Waals surface area contributed by atoms with Crippen LogP contribution in [0.25, 0.3) is 11.0 Å². The van der Waals surface area contributed by atoms with E-state index in [4.69, 9.17) is 5.26 Å². The summed E-state index contributed by atoms with van der Waals surface area (Å²) in [6, 6.07) is 8.84. The molecule has 0 N–H and O–H groups in total. The van der Waals surface area contributed by atoms with E-state index >= 15 is 0 Å². The highest BCUT2D eigenvalue weighted by Gasteiger charge is 2.25. The van der Waals surface area contributed by atoms with Crippen LogP contribution < -0.4 is 4.90 Å². The van der Waals surface area contributed by atoms with Gasteiger partial charge in [-0.2, -0.15) is 10.4 Å². The van der Waals surface area contributed by atoms with E-state index < -0.39 is 0 Å². The summed E-state index contributed by atoms with van der Waals surface area (Å²) in [5.74, 6) is 1.58. The molecule has 3 heterocycles. The lowest BCUT2D eigenvalue weighted by atomic mass is 10.1. The molecule has 1 aromatic carbocycles. The zero-order valence-corrected chi connectivity index (χ0v) is 16.2. The van der Waals surface area contributed by atoms with Gasteiger partial charge in [0, 0.05) is 38.8 Å². The third kappa shape index (κ3) is 3.05. The van der Waals surface area contributed by atoms with Gasteiger partial charge >= 0.3 is 0 Å². The topological polar surface area (TPSA) is 90.9 Å². The van der Waals surface area contributed by atoms with Crippen LogP contribution in [-0.2, 0) is 7.05 Å². The van der Waals surface area contributed by atoms with Crippen LogP contribution in [0.4, 0.5) is 5.82 Å². The lowest BCUT2D eigenvalue weighted by Crippen LogP contribution is -2.49. The summed E-state index contributed by atoms with van der Waals surface area (Å²) in [4.78, 5) is 26.0. The molecule has 4 rings (SSSR count). The average Bonchev–Trinajstić information content (AvgIpc) is 3.00. The molecule has 8 heteroatoms. The van der Waals surface area contributed by atoms with E-state index in [1.54, 1.807) is 24.3 Å². The molecule has 0 aliphatic carbocycles. The van der Waals surface area contributed by atoms with E-state index in [1.165, 1.54) is 0 Å². The maximum atomic E-state index is 12.8. The van der Waals surface area contributed by atoms with E-state index in [9.17, 15) is 4.79 Å². The lowest BCUT2D eigenvalue weighted by molar-refractivity contribution is 0.0746. The molecule has 0 radical (unpaired) electrons. The molecule has 8 nitrogen and oxygen atoms in total. The molecule has 0 saturated carbocycles. The van der Waals surface area contributed by atoms with Crippen LogP contribution in [0.15, 0.2) is 24.3 Å². The standard InChI is InChI=1S/C20H21N7O/c1-13-17-18(25(3)24-13)19(23-14(2)22-17)26-8-10-27(11-9-26)20(28)16-6-4-15(12-21)5-7-16/h4-7H,8-11H2,1-3H3. The molecule has 142 valence electrons. The maximum absolute atomic E-state index is 12.8. The van der Waals surface area contributed by atoms with Crippen LogP contribution in [0, 0.1) is 25.2 Å². The molecule has 1 saturated heterocycles.